The molecule has 0 radical (unpaired) electrons. The van der Waals surface area contributed by atoms with Crippen LogP contribution < -0.4 is 4.74 Å². The Kier molecular flexibility index (Phi) is 4.32. The Morgan fingerprint density at radius 3 is 2.45 bits per heavy atom. The van der Waals surface area contributed by atoms with E-state index in [1.54, 1.807) is 0 Å². The molecular weight excluding hydrogens is 340 g/mol. The van der Waals surface area contributed by atoms with Gasteiger partial charge in [-0.2, -0.15) is 13.2 Å². The molecule has 0 aliphatic carbocycles. The normalized spacial score (nSPS) is 11.4. The summed E-state index contributed by atoms with van der Waals surface area (Å²) in [5, 5.41) is 0. The fourth-order valence-electron chi connectivity index (χ4n) is 1.59. The zero-order valence-corrected chi connectivity index (χ0v) is 11.6. The maximum atomic E-state index is 12.9. The fourth-order valence-corrected chi connectivity index (χ4v) is 2.06. The van der Waals surface area contributed by atoms with Crippen molar-refractivity contribution < 1.29 is 22.3 Å². The first kappa shape index (κ1) is 14.8. The van der Waals surface area contributed by atoms with Crippen LogP contribution in [0.2, 0.25) is 0 Å². The average Bonchev–Trinajstić information content (AvgIpc) is 2.37. The second kappa shape index (κ2) is 5.83. The van der Waals surface area contributed by atoms with Gasteiger partial charge in [-0.15, -0.1) is 0 Å². The van der Waals surface area contributed by atoms with Gasteiger partial charge in [0, 0.05) is 0 Å². The van der Waals surface area contributed by atoms with Crippen LogP contribution in [0.5, 0.6) is 5.75 Å². The number of alkyl halides is 3. The van der Waals surface area contributed by atoms with Crippen molar-refractivity contribution in [3.8, 4) is 5.75 Å². The third-order valence-electron chi connectivity index (χ3n) is 2.54. The summed E-state index contributed by atoms with van der Waals surface area (Å²) in [4.78, 5) is 0. The Labute approximate surface area is 121 Å². The summed E-state index contributed by atoms with van der Waals surface area (Å²) < 4.78 is 56.3. The van der Waals surface area contributed by atoms with E-state index >= 15 is 0 Å². The van der Waals surface area contributed by atoms with Crippen LogP contribution in [0, 0.1) is 5.82 Å². The molecule has 0 bridgehead atoms. The predicted octanol–water partition coefficient (Wildman–Crippen LogP) is 5.19. The van der Waals surface area contributed by atoms with E-state index in [0.29, 0.717) is 15.8 Å². The summed E-state index contributed by atoms with van der Waals surface area (Å²) in [6.07, 6.45) is -4.38. The van der Waals surface area contributed by atoms with Crippen molar-refractivity contribution >= 4 is 15.9 Å². The Bertz CT molecular complexity index is 610. The zero-order chi connectivity index (χ0) is 14.8. The standard InChI is InChI=1S/C14H9BrF4O/c15-12-7-11(16)4-5-13(12)20-8-9-2-1-3-10(6-9)14(17,18)19/h1-7H,8H2. The van der Waals surface area contributed by atoms with E-state index in [4.69, 9.17) is 4.74 Å². The van der Waals surface area contributed by atoms with Crippen molar-refractivity contribution in [2.75, 3.05) is 0 Å². The third-order valence-corrected chi connectivity index (χ3v) is 3.16. The highest BCUT2D eigenvalue weighted by atomic mass is 79.9. The lowest BCUT2D eigenvalue weighted by Gasteiger charge is -2.11. The fraction of sp³-hybridized carbons (Fsp3) is 0.143. The van der Waals surface area contributed by atoms with E-state index in [1.807, 2.05) is 0 Å². The van der Waals surface area contributed by atoms with Crippen LogP contribution in [0.25, 0.3) is 0 Å². The largest absolute Gasteiger partial charge is 0.488 e. The molecule has 2 aromatic carbocycles. The molecule has 0 amide bonds. The lowest BCUT2D eigenvalue weighted by atomic mass is 10.1. The van der Waals surface area contributed by atoms with E-state index in [9.17, 15) is 17.6 Å². The van der Waals surface area contributed by atoms with Crippen LogP contribution in [-0.4, -0.2) is 0 Å². The Morgan fingerprint density at radius 2 is 1.80 bits per heavy atom. The number of benzene rings is 2. The highest BCUT2D eigenvalue weighted by Gasteiger charge is 2.30. The van der Waals surface area contributed by atoms with E-state index in [-0.39, 0.29) is 6.61 Å². The van der Waals surface area contributed by atoms with Crippen LogP contribution in [0.3, 0.4) is 0 Å². The van der Waals surface area contributed by atoms with Crippen molar-refractivity contribution in [3.63, 3.8) is 0 Å². The Morgan fingerprint density at radius 1 is 1.05 bits per heavy atom. The first-order valence-corrected chi connectivity index (χ1v) is 6.39. The molecule has 0 aliphatic rings. The van der Waals surface area contributed by atoms with Gasteiger partial charge in [0.25, 0.3) is 0 Å². The SMILES string of the molecule is Fc1ccc(OCc2cccc(C(F)(F)F)c2)c(Br)c1. The number of ether oxygens (including phenoxy) is 1. The number of halogens is 5. The van der Waals surface area contributed by atoms with Gasteiger partial charge < -0.3 is 4.74 Å². The number of hydrogen-bond donors (Lipinski definition) is 0. The molecule has 106 valence electrons. The van der Waals surface area contributed by atoms with Gasteiger partial charge in [0.2, 0.25) is 0 Å². The second-order valence-electron chi connectivity index (χ2n) is 4.06. The molecule has 0 unspecified atom stereocenters. The van der Waals surface area contributed by atoms with E-state index in [0.717, 1.165) is 12.1 Å². The van der Waals surface area contributed by atoms with Gasteiger partial charge >= 0.3 is 6.18 Å². The minimum Gasteiger partial charge on any atom is -0.488 e. The van der Waals surface area contributed by atoms with Crippen LogP contribution in [0.1, 0.15) is 11.1 Å². The van der Waals surface area contributed by atoms with Crippen LogP contribution in [0.4, 0.5) is 17.6 Å². The molecule has 0 aliphatic heterocycles. The van der Waals surface area contributed by atoms with Gasteiger partial charge in [0.15, 0.2) is 0 Å². The molecule has 0 spiro atoms. The second-order valence-corrected chi connectivity index (χ2v) is 4.92. The minimum atomic E-state index is -4.38. The van der Waals surface area contributed by atoms with Crippen molar-refractivity contribution in [1.82, 2.24) is 0 Å². The van der Waals surface area contributed by atoms with Gasteiger partial charge in [-0.25, -0.2) is 4.39 Å². The van der Waals surface area contributed by atoms with Crippen molar-refractivity contribution in [3.05, 3.63) is 63.9 Å². The molecule has 20 heavy (non-hydrogen) atoms. The quantitative estimate of drug-likeness (QED) is 0.694. The molecule has 0 saturated carbocycles. The molecule has 6 heteroatoms. The monoisotopic (exact) mass is 348 g/mol. The molecule has 0 N–H and O–H groups in total. The van der Waals surface area contributed by atoms with Crippen molar-refractivity contribution in [1.29, 1.82) is 0 Å². The molecule has 0 fully saturated rings. The van der Waals surface area contributed by atoms with E-state index < -0.39 is 17.6 Å². The molecule has 2 aromatic rings. The van der Waals surface area contributed by atoms with Gasteiger partial charge in [0.1, 0.15) is 18.2 Å². The lowest BCUT2D eigenvalue weighted by Crippen LogP contribution is -2.06. The summed E-state index contributed by atoms with van der Waals surface area (Å²) in [6, 6.07) is 8.73. The number of rotatable bonds is 3. The molecule has 2 rings (SSSR count). The predicted molar refractivity (Wildman–Crippen MR) is 69.9 cm³/mol. The minimum absolute atomic E-state index is 0.0336. The highest BCUT2D eigenvalue weighted by Crippen LogP contribution is 2.30. The van der Waals surface area contributed by atoms with Gasteiger partial charge in [-0.05, 0) is 51.8 Å². The topological polar surface area (TPSA) is 9.23 Å². The first-order valence-electron chi connectivity index (χ1n) is 5.60. The summed E-state index contributed by atoms with van der Waals surface area (Å²) >= 11 is 3.12. The maximum absolute atomic E-state index is 12.9. The zero-order valence-electron chi connectivity index (χ0n) is 10.0. The first-order chi connectivity index (χ1) is 9.36. The van der Waals surface area contributed by atoms with Gasteiger partial charge in [-0.3, -0.25) is 0 Å². The van der Waals surface area contributed by atoms with Crippen LogP contribution in [0.15, 0.2) is 46.9 Å². The summed E-state index contributed by atoms with van der Waals surface area (Å²) in [5.41, 5.74) is -0.340. The van der Waals surface area contributed by atoms with Crippen LogP contribution in [-0.2, 0) is 12.8 Å². The van der Waals surface area contributed by atoms with Crippen molar-refractivity contribution in [2.45, 2.75) is 12.8 Å². The molecular formula is C14H9BrF4O. The molecule has 0 atom stereocenters. The van der Waals surface area contributed by atoms with Gasteiger partial charge in [-0.1, -0.05) is 12.1 Å². The average molecular weight is 349 g/mol. The summed E-state index contributed by atoms with van der Waals surface area (Å²) in [6.45, 7) is -0.0336. The summed E-state index contributed by atoms with van der Waals surface area (Å²) in [7, 11) is 0. The molecule has 0 aromatic heterocycles. The lowest BCUT2D eigenvalue weighted by molar-refractivity contribution is -0.137. The van der Waals surface area contributed by atoms with Gasteiger partial charge in [0.05, 0.1) is 10.0 Å². The summed E-state index contributed by atoms with van der Waals surface area (Å²) in [5.74, 6) is -0.0629. The third kappa shape index (κ3) is 3.72. The Hall–Kier alpha value is -1.56. The van der Waals surface area contributed by atoms with E-state index in [2.05, 4.69) is 15.9 Å². The Balaban J connectivity index is 2.11. The molecule has 1 nitrogen and oxygen atoms in total. The number of hydrogen-bond acceptors (Lipinski definition) is 1. The molecule has 0 saturated heterocycles. The smallest absolute Gasteiger partial charge is 0.416 e. The van der Waals surface area contributed by atoms with Crippen LogP contribution >= 0.6 is 15.9 Å². The highest BCUT2D eigenvalue weighted by molar-refractivity contribution is 9.10. The van der Waals surface area contributed by atoms with E-state index in [1.165, 1.54) is 30.3 Å². The van der Waals surface area contributed by atoms with Crippen molar-refractivity contribution in [2.24, 2.45) is 0 Å². The maximum Gasteiger partial charge on any atom is 0.416 e. The molecule has 0 heterocycles.